The number of carbonyl (C=O) groups is 2. The summed E-state index contributed by atoms with van der Waals surface area (Å²) in [7, 11) is 0. The molecule has 4 rings (SSSR count). The normalized spacial score (nSPS) is 24.4. The van der Waals surface area contributed by atoms with Gasteiger partial charge in [0.25, 0.3) is 5.91 Å². The predicted molar refractivity (Wildman–Crippen MR) is 97.1 cm³/mol. The van der Waals surface area contributed by atoms with Gasteiger partial charge in [-0.2, -0.15) is 0 Å². The van der Waals surface area contributed by atoms with E-state index in [0.717, 1.165) is 28.8 Å². The molecular weight excluding hydrogens is 314 g/mol. The van der Waals surface area contributed by atoms with Gasteiger partial charge in [-0.15, -0.1) is 0 Å². The van der Waals surface area contributed by atoms with Crippen LogP contribution in [0.25, 0.3) is 10.8 Å². The molecule has 0 heterocycles. The van der Waals surface area contributed by atoms with Crippen LogP contribution in [0.2, 0.25) is 0 Å². The zero-order valence-corrected chi connectivity index (χ0v) is 14.2. The minimum absolute atomic E-state index is 0.219. The largest absolute Gasteiger partial charge is 0.456 e. The summed E-state index contributed by atoms with van der Waals surface area (Å²) in [5.74, 6) is 1.44. The Morgan fingerprint density at radius 1 is 1.04 bits per heavy atom. The minimum atomic E-state index is -0.294. The van der Waals surface area contributed by atoms with Gasteiger partial charge in [-0.1, -0.05) is 42.8 Å². The first-order valence-corrected chi connectivity index (χ1v) is 9.12. The lowest BCUT2D eigenvalue weighted by molar-refractivity contribution is -0.148. The summed E-state index contributed by atoms with van der Waals surface area (Å²) >= 11 is 0. The fraction of sp³-hybridized carbons (Fsp3) is 0.429. The molecule has 1 N–H and O–H groups in total. The van der Waals surface area contributed by atoms with E-state index in [1.54, 1.807) is 0 Å². The lowest BCUT2D eigenvalue weighted by Gasteiger charge is -2.20. The van der Waals surface area contributed by atoms with Crippen LogP contribution in [-0.2, 0) is 14.3 Å². The van der Waals surface area contributed by atoms with E-state index in [1.807, 2.05) is 42.5 Å². The fourth-order valence-corrected chi connectivity index (χ4v) is 4.57. The second kappa shape index (κ2) is 6.87. The van der Waals surface area contributed by atoms with Crippen LogP contribution in [0.5, 0.6) is 0 Å². The molecule has 0 saturated heterocycles. The molecule has 0 aromatic heterocycles. The van der Waals surface area contributed by atoms with Gasteiger partial charge in [0.2, 0.25) is 0 Å². The molecule has 0 aliphatic heterocycles. The van der Waals surface area contributed by atoms with Crippen molar-refractivity contribution in [3.8, 4) is 0 Å². The van der Waals surface area contributed by atoms with Crippen LogP contribution in [0.3, 0.4) is 0 Å². The number of esters is 1. The molecule has 1 amide bonds. The number of carbonyl (C=O) groups excluding carboxylic acids is 2. The quantitative estimate of drug-likeness (QED) is 0.834. The summed E-state index contributed by atoms with van der Waals surface area (Å²) < 4.78 is 5.21. The van der Waals surface area contributed by atoms with E-state index in [1.165, 1.54) is 19.3 Å². The number of anilines is 1. The summed E-state index contributed by atoms with van der Waals surface area (Å²) in [6.45, 7) is -0.219. The summed E-state index contributed by atoms with van der Waals surface area (Å²) in [5, 5.41) is 4.89. The van der Waals surface area contributed by atoms with Gasteiger partial charge in [0.15, 0.2) is 6.61 Å². The number of amides is 1. The molecule has 3 unspecified atom stereocenters. The lowest BCUT2D eigenvalue weighted by Crippen LogP contribution is -2.23. The molecule has 4 nitrogen and oxygen atoms in total. The van der Waals surface area contributed by atoms with Crippen molar-refractivity contribution in [2.45, 2.75) is 32.1 Å². The summed E-state index contributed by atoms with van der Waals surface area (Å²) in [4.78, 5) is 24.2. The van der Waals surface area contributed by atoms with Crippen molar-refractivity contribution in [2.75, 3.05) is 11.9 Å². The third-order valence-electron chi connectivity index (χ3n) is 5.74. The molecule has 2 bridgehead atoms. The number of rotatable bonds is 5. The van der Waals surface area contributed by atoms with E-state index in [9.17, 15) is 9.59 Å². The third-order valence-corrected chi connectivity index (χ3v) is 5.74. The second-order valence-electron chi connectivity index (χ2n) is 7.37. The van der Waals surface area contributed by atoms with Gasteiger partial charge in [-0.25, -0.2) is 0 Å². The molecule has 0 spiro atoms. The van der Waals surface area contributed by atoms with Gasteiger partial charge in [0, 0.05) is 17.5 Å². The second-order valence-corrected chi connectivity index (χ2v) is 7.37. The number of hydrogen-bond donors (Lipinski definition) is 1. The van der Waals surface area contributed by atoms with Crippen molar-refractivity contribution in [3.05, 3.63) is 42.5 Å². The van der Waals surface area contributed by atoms with Gasteiger partial charge < -0.3 is 10.1 Å². The highest BCUT2D eigenvalue weighted by atomic mass is 16.5. The highest BCUT2D eigenvalue weighted by Gasteiger charge is 2.40. The van der Waals surface area contributed by atoms with E-state index in [0.29, 0.717) is 18.3 Å². The van der Waals surface area contributed by atoms with Crippen LogP contribution in [0.4, 0.5) is 5.69 Å². The van der Waals surface area contributed by atoms with Crippen molar-refractivity contribution in [1.29, 1.82) is 0 Å². The topological polar surface area (TPSA) is 55.4 Å². The van der Waals surface area contributed by atoms with Crippen molar-refractivity contribution in [3.63, 3.8) is 0 Å². The van der Waals surface area contributed by atoms with Crippen LogP contribution in [-0.4, -0.2) is 18.5 Å². The average molecular weight is 337 g/mol. The highest BCUT2D eigenvalue weighted by molar-refractivity contribution is 6.02. The maximum Gasteiger partial charge on any atom is 0.306 e. The van der Waals surface area contributed by atoms with Gasteiger partial charge in [0.05, 0.1) is 0 Å². The van der Waals surface area contributed by atoms with E-state index >= 15 is 0 Å². The molecule has 4 heteroatoms. The van der Waals surface area contributed by atoms with E-state index in [-0.39, 0.29) is 18.5 Å². The first-order chi connectivity index (χ1) is 12.2. The van der Waals surface area contributed by atoms with Gasteiger partial charge in [-0.05, 0) is 48.5 Å². The van der Waals surface area contributed by atoms with Crippen LogP contribution in [0.15, 0.2) is 42.5 Å². The zero-order valence-electron chi connectivity index (χ0n) is 14.2. The standard InChI is InChI=1S/C21H23NO3/c23-20(22-19-7-3-5-15-4-1-2-6-18(15)19)13-25-21(24)12-17-11-14-8-9-16(17)10-14/h1-7,14,16-17H,8-13H2,(H,22,23). The smallest absolute Gasteiger partial charge is 0.306 e. The summed E-state index contributed by atoms with van der Waals surface area (Å²) in [6.07, 6.45) is 5.47. The number of benzene rings is 2. The van der Waals surface area contributed by atoms with E-state index in [2.05, 4.69) is 5.32 Å². The molecule has 3 atom stereocenters. The van der Waals surface area contributed by atoms with Gasteiger partial charge in [0.1, 0.15) is 0 Å². The van der Waals surface area contributed by atoms with E-state index < -0.39 is 0 Å². The first kappa shape index (κ1) is 16.1. The predicted octanol–water partition coefficient (Wildman–Crippen LogP) is 4.15. The van der Waals surface area contributed by atoms with Crippen LogP contribution in [0.1, 0.15) is 32.1 Å². The maximum absolute atomic E-state index is 12.1. The maximum atomic E-state index is 12.1. The Hall–Kier alpha value is -2.36. The zero-order chi connectivity index (χ0) is 17.2. The van der Waals surface area contributed by atoms with Crippen molar-refractivity contribution < 1.29 is 14.3 Å². The molecule has 2 aromatic carbocycles. The van der Waals surface area contributed by atoms with Crippen LogP contribution < -0.4 is 5.32 Å². The van der Waals surface area contributed by atoms with Crippen molar-refractivity contribution in [1.82, 2.24) is 0 Å². The molecule has 25 heavy (non-hydrogen) atoms. The Morgan fingerprint density at radius 3 is 2.68 bits per heavy atom. The average Bonchev–Trinajstić information content (AvgIpc) is 3.23. The molecule has 2 aliphatic carbocycles. The Balaban J connectivity index is 1.29. The number of ether oxygens (including phenoxy) is 1. The number of hydrogen-bond acceptors (Lipinski definition) is 3. The Bertz CT molecular complexity index is 795. The molecule has 0 radical (unpaired) electrons. The van der Waals surface area contributed by atoms with E-state index in [4.69, 9.17) is 4.74 Å². The van der Waals surface area contributed by atoms with Crippen LogP contribution >= 0.6 is 0 Å². The van der Waals surface area contributed by atoms with Gasteiger partial charge in [-0.3, -0.25) is 9.59 Å². The lowest BCUT2D eigenvalue weighted by atomic mass is 9.86. The number of nitrogens with one attached hydrogen (secondary N) is 1. The summed E-state index contributed by atoms with van der Waals surface area (Å²) in [6, 6.07) is 13.6. The first-order valence-electron chi connectivity index (χ1n) is 9.12. The fourth-order valence-electron chi connectivity index (χ4n) is 4.57. The van der Waals surface area contributed by atoms with Gasteiger partial charge >= 0.3 is 5.97 Å². The van der Waals surface area contributed by atoms with Crippen molar-refractivity contribution >= 4 is 28.3 Å². The highest BCUT2D eigenvalue weighted by Crippen LogP contribution is 2.49. The molecule has 130 valence electrons. The SMILES string of the molecule is O=C(COC(=O)CC1CC2CCC1C2)Nc1cccc2ccccc12. The molecular formula is C21H23NO3. The van der Waals surface area contributed by atoms with Crippen LogP contribution in [0, 0.1) is 17.8 Å². The minimum Gasteiger partial charge on any atom is -0.456 e. The monoisotopic (exact) mass is 337 g/mol. The molecule has 2 aromatic rings. The Labute approximate surface area is 147 Å². The Morgan fingerprint density at radius 2 is 1.88 bits per heavy atom. The molecule has 2 saturated carbocycles. The number of fused-ring (bicyclic) bond motifs is 3. The third kappa shape index (κ3) is 3.53. The Kier molecular flexibility index (Phi) is 4.43. The molecule has 2 fully saturated rings. The van der Waals surface area contributed by atoms with Crippen molar-refractivity contribution in [2.24, 2.45) is 17.8 Å². The molecule has 2 aliphatic rings. The summed E-state index contributed by atoms with van der Waals surface area (Å²) in [5.41, 5.74) is 0.743.